The smallest absolute Gasteiger partial charge is 0.309 e. The number of nitrogens with one attached hydrogen (secondary N) is 1. The predicted octanol–water partition coefficient (Wildman–Crippen LogP) is 3.84. The minimum atomic E-state index is -4.13. The van der Waals surface area contributed by atoms with Crippen LogP contribution in [0.3, 0.4) is 0 Å². The fraction of sp³-hybridized carbons (Fsp3) is 0.545. The van der Waals surface area contributed by atoms with Crippen LogP contribution in [-0.4, -0.2) is 17.7 Å². The van der Waals surface area contributed by atoms with Gasteiger partial charge in [0.2, 0.25) is 0 Å². The van der Waals surface area contributed by atoms with Crippen LogP contribution in [0.1, 0.15) is 31.5 Å². The Morgan fingerprint density at radius 2 is 2.18 bits per heavy atom. The molecular weight excluding hydrogens is 297 g/mol. The number of hydrogen-bond acceptors (Lipinski definition) is 2. The Labute approximate surface area is 107 Å². The van der Waals surface area contributed by atoms with Gasteiger partial charge in [0.15, 0.2) is 0 Å². The minimum absolute atomic E-state index is 0.00699. The number of rotatable bonds is 5. The highest BCUT2D eigenvalue weighted by atomic mass is 79.9. The second-order valence-electron chi connectivity index (χ2n) is 3.63. The van der Waals surface area contributed by atoms with Crippen molar-refractivity contribution in [3.8, 4) is 0 Å². The maximum atomic E-state index is 12.2. The maximum absolute atomic E-state index is 12.2. The highest BCUT2D eigenvalue weighted by molar-refractivity contribution is 9.10. The van der Waals surface area contributed by atoms with E-state index in [4.69, 9.17) is 0 Å². The van der Waals surface area contributed by atoms with Crippen LogP contribution < -0.4 is 5.32 Å². The van der Waals surface area contributed by atoms with E-state index in [2.05, 4.69) is 26.2 Å². The Hall–Kier alpha value is -0.620. The lowest BCUT2D eigenvalue weighted by Crippen LogP contribution is -2.24. The van der Waals surface area contributed by atoms with Gasteiger partial charge in [-0.05, 0) is 41.0 Å². The van der Waals surface area contributed by atoms with Gasteiger partial charge in [-0.1, -0.05) is 6.92 Å². The molecule has 0 saturated carbocycles. The van der Waals surface area contributed by atoms with Crippen molar-refractivity contribution in [2.24, 2.45) is 0 Å². The van der Waals surface area contributed by atoms with Crippen LogP contribution in [0.15, 0.2) is 22.8 Å². The third-order valence-electron chi connectivity index (χ3n) is 2.28. The van der Waals surface area contributed by atoms with Gasteiger partial charge in [-0.3, -0.25) is 4.98 Å². The van der Waals surface area contributed by atoms with E-state index in [1.807, 2.05) is 6.92 Å². The maximum Gasteiger partial charge on any atom is 0.389 e. The highest BCUT2D eigenvalue weighted by Gasteiger charge is 2.29. The summed E-state index contributed by atoms with van der Waals surface area (Å²) in [5, 5.41) is 3.02. The Balaban J connectivity index is 2.75. The zero-order chi connectivity index (χ0) is 12.9. The van der Waals surface area contributed by atoms with Crippen LogP contribution in [0.2, 0.25) is 0 Å². The molecule has 0 amide bonds. The van der Waals surface area contributed by atoms with Gasteiger partial charge < -0.3 is 5.32 Å². The van der Waals surface area contributed by atoms with Crippen molar-refractivity contribution in [3.05, 3.63) is 28.5 Å². The first-order valence-electron chi connectivity index (χ1n) is 5.34. The summed E-state index contributed by atoms with van der Waals surface area (Å²) in [6.07, 6.45) is -3.37. The largest absolute Gasteiger partial charge is 0.389 e. The van der Waals surface area contributed by atoms with Gasteiger partial charge in [0.1, 0.15) is 0 Å². The lowest BCUT2D eigenvalue weighted by molar-refractivity contribution is -0.136. The van der Waals surface area contributed by atoms with E-state index in [1.165, 1.54) is 0 Å². The average Bonchev–Trinajstić information content (AvgIpc) is 2.24. The van der Waals surface area contributed by atoms with Crippen LogP contribution in [0.4, 0.5) is 13.2 Å². The molecule has 1 N–H and O–H groups in total. The van der Waals surface area contributed by atoms with Crippen molar-refractivity contribution in [1.29, 1.82) is 0 Å². The molecule has 6 heteroatoms. The van der Waals surface area contributed by atoms with Gasteiger partial charge in [0, 0.05) is 17.1 Å². The minimum Gasteiger partial charge on any atom is -0.309 e. The van der Waals surface area contributed by atoms with E-state index < -0.39 is 12.6 Å². The fourth-order valence-electron chi connectivity index (χ4n) is 1.54. The van der Waals surface area contributed by atoms with Crippen LogP contribution in [0.5, 0.6) is 0 Å². The van der Waals surface area contributed by atoms with E-state index in [9.17, 15) is 13.2 Å². The van der Waals surface area contributed by atoms with Gasteiger partial charge in [-0.2, -0.15) is 13.2 Å². The van der Waals surface area contributed by atoms with Crippen LogP contribution >= 0.6 is 15.9 Å². The topological polar surface area (TPSA) is 24.9 Å². The monoisotopic (exact) mass is 310 g/mol. The molecule has 2 nitrogen and oxygen atoms in total. The Morgan fingerprint density at radius 3 is 2.71 bits per heavy atom. The Morgan fingerprint density at radius 1 is 1.47 bits per heavy atom. The number of pyridine rings is 1. The summed E-state index contributed by atoms with van der Waals surface area (Å²) in [4.78, 5) is 4.12. The third kappa shape index (κ3) is 5.04. The van der Waals surface area contributed by atoms with E-state index >= 15 is 0 Å². The molecule has 0 aliphatic carbocycles. The third-order valence-corrected chi connectivity index (χ3v) is 2.95. The summed E-state index contributed by atoms with van der Waals surface area (Å²) < 4.78 is 37.4. The molecule has 1 atom stereocenters. The number of halogens is 4. The highest BCUT2D eigenvalue weighted by Crippen LogP contribution is 2.29. The van der Waals surface area contributed by atoms with E-state index in [0.717, 1.165) is 4.47 Å². The van der Waals surface area contributed by atoms with Crippen molar-refractivity contribution in [1.82, 2.24) is 10.3 Å². The molecule has 0 aliphatic heterocycles. The van der Waals surface area contributed by atoms with Crippen molar-refractivity contribution in [2.45, 2.75) is 32.0 Å². The predicted molar refractivity (Wildman–Crippen MR) is 63.6 cm³/mol. The first-order chi connectivity index (χ1) is 7.94. The van der Waals surface area contributed by atoms with Crippen molar-refractivity contribution < 1.29 is 13.2 Å². The molecule has 1 aromatic heterocycles. The molecule has 1 heterocycles. The molecule has 96 valence electrons. The quantitative estimate of drug-likeness (QED) is 0.894. The molecule has 1 aromatic rings. The molecule has 0 aliphatic rings. The molecule has 0 bridgehead atoms. The average molecular weight is 311 g/mol. The lowest BCUT2D eigenvalue weighted by atomic mass is 10.1. The van der Waals surface area contributed by atoms with Gasteiger partial charge in [0.05, 0.1) is 11.7 Å². The summed E-state index contributed by atoms with van der Waals surface area (Å²) in [6.45, 7) is 2.46. The van der Waals surface area contributed by atoms with E-state index in [1.54, 1.807) is 18.3 Å². The normalized spacial score (nSPS) is 13.7. The molecule has 0 saturated heterocycles. The number of alkyl halides is 3. The second kappa shape index (κ2) is 6.35. The van der Waals surface area contributed by atoms with Gasteiger partial charge in [0.25, 0.3) is 0 Å². The molecule has 0 aromatic carbocycles. The first kappa shape index (κ1) is 14.4. The molecule has 0 spiro atoms. The van der Waals surface area contributed by atoms with Gasteiger partial charge >= 0.3 is 6.18 Å². The Kier molecular flexibility index (Phi) is 5.39. The van der Waals surface area contributed by atoms with Crippen molar-refractivity contribution >= 4 is 15.9 Å². The lowest BCUT2D eigenvalue weighted by Gasteiger charge is -2.19. The number of aromatic nitrogens is 1. The Bertz CT molecular complexity index is 355. The van der Waals surface area contributed by atoms with Gasteiger partial charge in [-0.25, -0.2) is 0 Å². The van der Waals surface area contributed by atoms with Crippen LogP contribution in [-0.2, 0) is 0 Å². The molecule has 1 unspecified atom stereocenters. The molecule has 0 fully saturated rings. The van der Waals surface area contributed by atoms with E-state index in [0.29, 0.717) is 12.2 Å². The zero-order valence-electron chi connectivity index (χ0n) is 9.39. The first-order valence-corrected chi connectivity index (χ1v) is 6.14. The summed E-state index contributed by atoms with van der Waals surface area (Å²) in [7, 11) is 0. The standard InChI is InChI=1S/C11H14BrF3N2/c1-2-16-9(5-6-11(13,14)15)10-8(12)4-3-7-17-10/h3-4,7,9,16H,2,5-6H2,1H3. The molecule has 17 heavy (non-hydrogen) atoms. The molecule has 0 radical (unpaired) electrons. The van der Waals surface area contributed by atoms with Gasteiger partial charge in [-0.15, -0.1) is 0 Å². The summed E-state index contributed by atoms with van der Waals surface area (Å²) in [5.41, 5.74) is 0.624. The van der Waals surface area contributed by atoms with Crippen LogP contribution in [0.25, 0.3) is 0 Å². The summed E-state index contributed by atoms with van der Waals surface area (Å²) in [6, 6.07) is 3.14. The zero-order valence-corrected chi connectivity index (χ0v) is 11.0. The second-order valence-corrected chi connectivity index (χ2v) is 4.49. The van der Waals surface area contributed by atoms with E-state index in [-0.39, 0.29) is 12.5 Å². The summed E-state index contributed by atoms with van der Waals surface area (Å²) in [5.74, 6) is 0. The SMILES string of the molecule is CCNC(CCC(F)(F)F)c1ncccc1Br. The molecule has 1 rings (SSSR count). The number of nitrogens with zero attached hydrogens (tertiary/aromatic N) is 1. The van der Waals surface area contributed by atoms with Crippen molar-refractivity contribution in [3.63, 3.8) is 0 Å². The van der Waals surface area contributed by atoms with Crippen LogP contribution in [0, 0.1) is 0 Å². The molecular formula is C11H14BrF3N2. The number of hydrogen-bond donors (Lipinski definition) is 1. The van der Waals surface area contributed by atoms with Crippen molar-refractivity contribution in [2.75, 3.05) is 6.54 Å². The fourth-order valence-corrected chi connectivity index (χ4v) is 2.08. The summed E-state index contributed by atoms with van der Waals surface area (Å²) >= 11 is 3.30.